The first-order chi connectivity index (χ1) is 10.6. The number of aliphatic imine (C=N–C) groups is 1. The molecule has 0 aliphatic carbocycles. The molecule has 6 nitrogen and oxygen atoms in total. The topological polar surface area (TPSA) is 91.8 Å². The van der Waals surface area contributed by atoms with Crippen molar-refractivity contribution < 1.29 is 19.4 Å². The van der Waals surface area contributed by atoms with E-state index in [0.717, 1.165) is 16.5 Å². The monoisotopic (exact) mass is 300 g/mol. The molecule has 0 amide bonds. The summed E-state index contributed by atoms with van der Waals surface area (Å²) in [5.74, 6) is -2.13. The maximum absolute atomic E-state index is 12.2. The van der Waals surface area contributed by atoms with Gasteiger partial charge in [-0.2, -0.15) is 0 Å². The number of aromatic nitrogens is 1. The van der Waals surface area contributed by atoms with Crippen molar-refractivity contribution in [3.63, 3.8) is 0 Å². The molecule has 0 fully saturated rings. The van der Waals surface area contributed by atoms with Crippen LogP contribution in [0.15, 0.2) is 29.3 Å². The Bertz CT molecular complexity index is 763. The van der Waals surface area contributed by atoms with Crippen molar-refractivity contribution in [2.45, 2.75) is 25.3 Å². The molecule has 2 heterocycles. The third kappa shape index (κ3) is 2.36. The molecule has 1 aromatic heterocycles. The van der Waals surface area contributed by atoms with E-state index in [0.29, 0.717) is 5.69 Å². The van der Waals surface area contributed by atoms with Gasteiger partial charge in [-0.05, 0) is 18.6 Å². The van der Waals surface area contributed by atoms with Gasteiger partial charge in [-0.15, -0.1) is 0 Å². The van der Waals surface area contributed by atoms with Gasteiger partial charge in [0.25, 0.3) is 0 Å². The SMILES string of the molecule is CCOC(=O)C1C=NC(C(=O)O)Cc2c1[nH]c1ccccc21. The van der Waals surface area contributed by atoms with Crippen molar-refractivity contribution in [3.8, 4) is 0 Å². The van der Waals surface area contributed by atoms with Gasteiger partial charge in [-0.1, -0.05) is 18.2 Å². The van der Waals surface area contributed by atoms with Gasteiger partial charge in [0.2, 0.25) is 0 Å². The normalized spacial score (nSPS) is 20.4. The molecular formula is C16H16N2O4. The number of hydrogen-bond acceptors (Lipinski definition) is 4. The molecule has 6 heteroatoms. The van der Waals surface area contributed by atoms with E-state index in [1.54, 1.807) is 6.92 Å². The molecule has 3 rings (SSSR count). The third-order valence-corrected chi connectivity index (χ3v) is 3.80. The fourth-order valence-electron chi connectivity index (χ4n) is 2.78. The van der Waals surface area contributed by atoms with Gasteiger partial charge in [-0.3, -0.25) is 9.79 Å². The predicted octanol–water partition coefficient (Wildman–Crippen LogP) is 1.89. The molecule has 0 saturated heterocycles. The van der Waals surface area contributed by atoms with Crippen molar-refractivity contribution in [2.24, 2.45) is 4.99 Å². The van der Waals surface area contributed by atoms with Crippen molar-refractivity contribution in [1.29, 1.82) is 0 Å². The Kier molecular flexibility index (Phi) is 3.66. The number of carboxylic acid groups (broad SMARTS) is 1. The number of aliphatic carboxylic acids is 1. The highest BCUT2D eigenvalue weighted by Crippen LogP contribution is 2.31. The summed E-state index contributed by atoms with van der Waals surface area (Å²) in [6.45, 7) is 2.00. The quantitative estimate of drug-likeness (QED) is 0.847. The Balaban J connectivity index is 2.16. The molecule has 0 saturated carbocycles. The van der Waals surface area contributed by atoms with Gasteiger partial charge in [0.1, 0.15) is 5.92 Å². The second-order valence-electron chi connectivity index (χ2n) is 5.15. The number of ether oxygens (including phenoxy) is 1. The number of aromatic amines is 1. The first kappa shape index (κ1) is 14.3. The van der Waals surface area contributed by atoms with E-state index in [4.69, 9.17) is 4.74 Å². The summed E-state index contributed by atoms with van der Waals surface area (Å²) in [5.41, 5.74) is 2.37. The fraction of sp³-hybridized carbons (Fsp3) is 0.312. The van der Waals surface area contributed by atoms with E-state index in [2.05, 4.69) is 9.98 Å². The van der Waals surface area contributed by atoms with Crippen LogP contribution in [0.2, 0.25) is 0 Å². The molecular weight excluding hydrogens is 284 g/mol. The highest BCUT2D eigenvalue weighted by Gasteiger charge is 2.31. The Labute approximate surface area is 126 Å². The van der Waals surface area contributed by atoms with Crippen LogP contribution in [0, 0.1) is 0 Å². The number of nitrogens with one attached hydrogen (secondary N) is 1. The van der Waals surface area contributed by atoms with Gasteiger partial charge in [0, 0.05) is 29.2 Å². The van der Waals surface area contributed by atoms with Gasteiger partial charge in [0.15, 0.2) is 6.04 Å². The first-order valence-electron chi connectivity index (χ1n) is 7.14. The van der Waals surface area contributed by atoms with Gasteiger partial charge in [0.05, 0.1) is 6.61 Å². The van der Waals surface area contributed by atoms with E-state index in [1.807, 2.05) is 24.3 Å². The number of esters is 1. The summed E-state index contributed by atoms with van der Waals surface area (Å²) < 4.78 is 5.09. The number of H-pyrrole nitrogens is 1. The third-order valence-electron chi connectivity index (χ3n) is 3.80. The largest absolute Gasteiger partial charge is 0.480 e. The van der Waals surface area contributed by atoms with E-state index >= 15 is 0 Å². The number of carboxylic acids is 1. The zero-order valence-electron chi connectivity index (χ0n) is 12.1. The number of hydrogen-bond donors (Lipinski definition) is 2. The van der Waals surface area contributed by atoms with Crippen molar-refractivity contribution in [1.82, 2.24) is 4.98 Å². The minimum absolute atomic E-state index is 0.251. The number of rotatable bonds is 3. The minimum atomic E-state index is -1.00. The summed E-state index contributed by atoms with van der Waals surface area (Å²) in [6.07, 6.45) is 1.64. The van der Waals surface area contributed by atoms with E-state index in [-0.39, 0.29) is 13.0 Å². The minimum Gasteiger partial charge on any atom is -0.480 e. The summed E-state index contributed by atoms with van der Waals surface area (Å²) in [6, 6.07) is 6.70. The average Bonchev–Trinajstić information content (AvgIpc) is 2.73. The Morgan fingerprint density at radius 1 is 1.41 bits per heavy atom. The van der Waals surface area contributed by atoms with Gasteiger partial charge < -0.3 is 14.8 Å². The van der Waals surface area contributed by atoms with Crippen molar-refractivity contribution in [2.75, 3.05) is 6.61 Å². The lowest BCUT2D eigenvalue weighted by Gasteiger charge is -2.10. The van der Waals surface area contributed by atoms with E-state index in [1.165, 1.54) is 6.21 Å². The lowest BCUT2D eigenvalue weighted by molar-refractivity contribution is -0.143. The summed E-state index contributed by atoms with van der Waals surface area (Å²) in [7, 11) is 0. The van der Waals surface area contributed by atoms with Crippen molar-refractivity contribution >= 4 is 29.1 Å². The van der Waals surface area contributed by atoms with Crippen LogP contribution in [-0.4, -0.2) is 40.9 Å². The second-order valence-corrected chi connectivity index (χ2v) is 5.15. The summed E-state index contributed by atoms with van der Waals surface area (Å²) >= 11 is 0. The number of nitrogens with zero attached hydrogens (tertiary/aromatic N) is 1. The summed E-state index contributed by atoms with van der Waals surface area (Å²) in [5, 5.41) is 10.2. The molecule has 2 atom stereocenters. The van der Waals surface area contributed by atoms with Crippen LogP contribution in [-0.2, 0) is 20.7 Å². The smallest absolute Gasteiger partial charge is 0.328 e. The van der Waals surface area contributed by atoms with Crippen LogP contribution in [0.4, 0.5) is 0 Å². The summed E-state index contributed by atoms with van der Waals surface area (Å²) in [4.78, 5) is 30.8. The number of carbonyl (C=O) groups excluding carboxylic acids is 1. The van der Waals surface area contributed by atoms with Crippen LogP contribution in [0.3, 0.4) is 0 Å². The van der Waals surface area contributed by atoms with Crippen LogP contribution in [0.1, 0.15) is 24.1 Å². The van der Waals surface area contributed by atoms with Crippen LogP contribution >= 0.6 is 0 Å². The Morgan fingerprint density at radius 3 is 2.91 bits per heavy atom. The zero-order chi connectivity index (χ0) is 15.7. The molecule has 2 unspecified atom stereocenters. The highest BCUT2D eigenvalue weighted by atomic mass is 16.5. The Hall–Kier alpha value is -2.63. The molecule has 1 aliphatic heterocycles. The Morgan fingerprint density at radius 2 is 2.18 bits per heavy atom. The molecule has 0 spiro atoms. The maximum atomic E-state index is 12.2. The number of fused-ring (bicyclic) bond motifs is 3. The first-order valence-corrected chi connectivity index (χ1v) is 7.14. The standard InChI is InChI=1S/C16H16N2O4/c1-2-22-16(21)11-8-17-13(15(19)20)7-10-9-5-3-4-6-12(9)18-14(10)11/h3-6,8,11,13,18H,2,7H2,1H3,(H,19,20). The van der Waals surface area contributed by atoms with Crippen LogP contribution in [0.25, 0.3) is 10.9 Å². The zero-order valence-corrected chi connectivity index (χ0v) is 12.1. The lowest BCUT2D eigenvalue weighted by atomic mass is 9.98. The number of benzene rings is 1. The van der Waals surface area contributed by atoms with Crippen LogP contribution < -0.4 is 0 Å². The number of carbonyl (C=O) groups is 2. The fourth-order valence-corrected chi connectivity index (χ4v) is 2.78. The molecule has 1 aliphatic rings. The van der Waals surface area contributed by atoms with Gasteiger partial charge >= 0.3 is 11.9 Å². The molecule has 2 aromatic rings. The highest BCUT2D eigenvalue weighted by molar-refractivity contribution is 6.00. The molecule has 0 radical (unpaired) electrons. The lowest BCUT2D eigenvalue weighted by Crippen LogP contribution is -2.20. The maximum Gasteiger partial charge on any atom is 0.328 e. The van der Waals surface area contributed by atoms with Crippen LogP contribution in [0.5, 0.6) is 0 Å². The molecule has 1 aromatic carbocycles. The van der Waals surface area contributed by atoms with E-state index in [9.17, 15) is 14.7 Å². The number of para-hydroxylation sites is 1. The van der Waals surface area contributed by atoms with Crippen molar-refractivity contribution in [3.05, 3.63) is 35.5 Å². The second kappa shape index (κ2) is 5.63. The van der Waals surface area contributed by atoms with E-state index < -0.39 is 23.9 Å². The molecule has 2 N–H and O–H groups in total. The predicted molar refractivity (Wildman–Crippen MR) is 81.3 cm³/mol. The van der Waals surface area contributed by atoms with Gasteiger partial charge in [-0.25, -0.2) is 4.79 Å². The molecule has 0 bridgehead atoms. The molecule has 114 valence electrons. The molecule has 22 heavy (non-hydrogen) atoms. The average molecular weight is 300 g/mol.